The standard InChI is InChI=1S/C6H12Si2/c1-5-6-7-8(2,3)4/h1H,6H2,2-4H3. The van der Waals surface area contributed by atoms with E-state index >= 15 is 0 Å². The molecule has 0 aliphatic carbocycles. The Morgan fingerprint density at radius 1 is 1.50 bits per heavy atom. The number of terminal acetylenes is 1. The van der Waals surface area contributed by atoms with Gasteiger partial charge in [0, 0.05) is 16.6 Å². The summed E-state index contributed by atoms with van der Waals surface area (Å²) in [7, 11) is 0.251. The Morgan fingerprint density at radius 2 is 2.00 bits per heavy atom. The van der Waals surface area contributed by atoms with Crippen molar-refractivity contribution < 1.29 is 0 Å². The molecule has 2 heteroatoms. The summed E-state index contributed by atoms with van der Waals surface area (Å²) in [4.78, 5) is 0. The van der Waals surface area contributed by atoms with E-state index in [9.17, 15) is 0 Å². The minimum atomic E-state index is -0.793. The van der Waals surface area contributed by atoms with Gasteiger partial charge in [-0.3, -0.25) is 0 Å². The van der Waals surface area contributed by atoms with E-state index in [0.717, 1.165) is 15.1 Å². The van der Waals surface area contributed by atoms with Gasteiger partial charge < -0.3 is 0 Å². The minimum absolute atomic E-state index is 0.793. The van der Waals surface area contributed by atoms with E-state index in [-0.39, 0.29) is 0 Å². The Bertz CT molecular complexity index is 94.1. The number of hydrogen-bond acceptors (Lipinski definition) is 0. The van der Waals surface area contributed by atoms with Crippen LogP contribution in [0.25, 0.3) is 0 Å². The zero-order valence-electron chi connectivity index (χ0n) is 5.78. The van der Waals surface area contributed by atoms with Crippen LogP contribution >= 0.6 is 0 Å². The fourth-order valence-electron chi connectivity index (χ4n) is 0.316. The first-order valence-electron chi connectivity index (χ1n) is 2.75. The lowest BCUT2D eigenvalue weighted by Crippen LogP contribution is -2.29. The third-order valence-corrected chi connectivity index (χ3v) is 5.87. The maximum Gasteiger partial charge on any atom is 0.0444 e. The van der Waals surface area contributed by atoms with Crippen LogP contribution in [0.5, 0.6) is 0 Å². The molecule has 8 heavy (non-hydrogen) atoms. The van der Waals surface area contributed by atoms with E-state index in [1.807, 2.05) is 0 Å². The summed E-state index contributed by atoms with van der Waals surface area (Å²) in [6.07, 6.45) is 5.11. The summed E-state index contributed by atoms with van der Waals surface area (Å²) in [6.45, 7) is 7.05. The first-order chi connectivity index (χ1) is 3.56. The van der Waals surface area contributed by atoms with E-state index in [4.69, 9.17) is 6.42 Å². The lowest BCUT2D eigenvalue weighted by atomic mass is 10.8. The van der Waals surface area contributed by atoms with Gasteiger partial charge in [0.15, 0.2) is 0 Å². The van der Waals surface area contributed by atoms with Crippen LogP contribution in [0.4, 0.5) is 0 Å². The normalized spacial score (nSPS) is 10.8. The molecule has 0 aliphatic rings. The summed E-state index contributed by atoms with van der Waals surface area (Å²) in [5, 5.41) is 0. The summed E-state index contributed by atoms with van der Waals surface area (Å²) in [6, 6.07) is 0.996. The van der Waals surface area contributed by atoms with Gasteiger partial charge in [-0.1, -0.05) is 19.6 Å². The zero-order chi connectivity index (χ0) is 6.62. The molecule has 0 atom stereocenters. The molecule has 0 nitrogen and oxygen atoms in total. The topological polar surface area (TPSA) is 0 Å². The molecule has 0 N–H and O–H groups in total. The fraction of sp³-hybridized carbons (Fsp3) is 0.667. The van der Waals surface area contributed by atoms with Crippen molar-refractivity contribution in [2.75, 3.05) is 0 Å². The van der Waals surface area contributed by atoms with E-state index in [0.29, 0.717) is 0 Å². The molecule has 44 valence electrons. The van der Waals surface area contributed by atoms with Crippen molar-refractivity contribution in [1.82, 2.24) is 0 Å². The van der Waals surface area contributed by atoms with Crippen LogP contribution in [-0.2, 0) is 0 Å². The maximum atomic E-state index is 5.11. The van der Waals surface area contributed by atoms with Crippen molar-refractivity contribution in [2.45, 2.75) is 25.7 Å². The van der Waals surface area contributed by atoms with Crippen LogP contribution < -0.4 is 0 Å². The second kappa shape index (κ2) is 3.11. The van der Waals surface area contributed by atoms with Gasteiger partial charge in [-0.15, -0.1) is 12.3 Å². The molecule has 0 aromatic heterocycles. The highest BCUT2D eigenvalue weighted by Gasteiger charge is 2.11. The summed E-state index contributed by atoms with van der Waals surface area (Å²) >= 11 is 0. The van der Waals surface area contributed by atoms with Gasteiger partial charge in [-0.05, 0) is 6.04 Å². The Hall–Kier alpha value is -0.00623. The van der Waals surface area contributed by atoms with Crippen molar-refractivity contribution in [3.63, 3.8) is 0 Å². The molecule has 0 aliphatic heterocycles. The van der Waals surface area contributed by atoms with Crippen LogP contribution in [0.15, 0.2) is 0 Å². The predicted octanol–water partition coefficient (Wildman–Crippen LogP) is 1.58. The quantitative estimate of drug-likeness (QED) is 0.403. The molecule has 0 fully saturated rings. The maximum absolute atomic E-state index is 5.11. The molecule has 0 bridgehead atoms. The molecule has 0 heterocycles. The predicted molar refractivity (Wildman–Crippen MR) is 42.7 cm³/mol. The van der Waals surface area contributed by atoms with E-state index in [2.05, 4.69) is 25.6 Å². The molecule has 0 aromatic carbocycles. The summed E-state index contributed by atoms with van der Waals surface area (Å²) in [5.41, 5.74) is 0. The van der Waals surface area contributed by atoms with Gasteiger partial charge in [-0.2, -0.15) is 0 Å². The number of hydrogen-bond donors (Lipinski definition) is 0. The first kappa shape index (κ1) is 7.99. The number of rotatable bonds is 2. The van der Waals surface area contributed by atoms with Crippen molar-refractivity contribution in [1.29, 1.82) is 0 Å². The molecule has 0 saturated heterocycles. The van der Waals surface area contributed by atoms with Gasteiger partial charge in [0.2, 0.25) is 0 Å². The van der Waals surface area contributed by atoms with Crippen LogP contribution in [0.1, 0.15) is 0 Å². The molecular weight excluding hydrogens is 128 g/mol. The van der Waals surface area contributed by atoms with Gasteiger partial charge in [0.25, 0.3) is 0 Å². The van der Waals surface area contributed by atoms with E-state index in [1.165, 1.54) is 0 Å². The highest BCUT2D eigenvalue weighted by atomic mass is 29.2. The van der Waals surface area contributed by atoms with Crippen molar-refractivity contribution >= 4 is 16.6 Å². The molecule has 0 spiro atoms. The monoisotopic (exact) mass is 140 g/mol. The summed E-state index contributed by atoms with van der Waals surface area (Å²) in [5.74, 6) is 2.67. The van der Waals surface area contributed by atoms with Gasteiger partial charge >= 0.3 is 0 Å². The third-order valence-electron chi connectivity index (χ3n) is 0.721. The van der Waals surface area contributed by atoms with Crippen LogP contribution in [0.3, 0.4) is 0 Å². The molecule has 0 rings (SSSR count). The molecular formula is C6H12Si2. The smallest absolute Gasteiger partial charge is 0.0444 e. The average molecular weight is 140 g/mol. The second-order valence-electron chi connectivity index (χ2n) is 2.81. The van der Waals surface area contributed by atoms with Crippen molar-refractivity contribution in [3.8, 4) is 12.3 Å². The van der Waals surface area contributed by atoms with E-state index < -0.39 is 7.59 Å². The Morgan fingerprint density at radius 3 is 2.12 bits per heavy atom. The second-order valence-corrected chi connectivity index (χ2v) is 13.6. The lowest BCUT2D eigenvalue weighted by molar-refractivity contribution is 1.78. The van der Waals surface area contributed by atoms with Crippen molar-refractivity contribution in [2.24, 2.45) is 0 Å². The zero-order valence-corrected chi connectivity index (χ0v) is 7.78. The van der Waals surface area contributed by atoms with Gasteiger partial charge in [-0.25, -0.2) is 0 Å². The third kappa shape index (κ3) is 5.99. The molecule has 0 unspecified atom stereocenters. The highest BCUT2D eigenvalue weighted by Crippen LogP contribution is 1.98. The van der Waals surface area contributed by atoms with Crippen molar-refractivity contribution in [3.05, 3.63) is 0 Å². The van der Waals surface area contributed by atoms with Crippen LogP contribution in [0, 0.1) is 12.3 Å². The Balaban J connectivity index is 3.28. The molecule has 0 aromatic rings. The Kier molecular flexibility index (Phi) is 3.10. The molecule has 2 radical (unpaired) electrons. The fourth-order valence-corrected chi connectivity index (χ4v) is 2.85. The minimum Gasteiger partial charge on any atom is -0.120 e. The lowest BCUT2D eigenvalue weighted by Gasteiger charge is -2.10. The van der Waals surface area contributed by atoms with Gasteiger partial charge in [0.1, 0.15) is 0 Å². The van der Waals surface area contributed by atoms with Crippen LogP contribution in [0.2, 0.25) is 25.7 Å². The van der Waals surface area contributed by atoms with Crippen LogP contribution in [-0.4, -0.2) is 16.6 Å². The molecule has 0 amide bonds. The Labute approximate surface area is 55.3 Å². The van der Waals surface area contributed by atoms with E-state index in [1.54, 1.807) is 0 Å². The molecule has 0 saturated carbocycles. The summed E-state index contributed by atoms with van der Waals surface area (Å²) < 4.78 is 0. The average Bonchev–Trinajstić information content (AvgIpc) is 1.59. The largest absolute Gasteiger partial charge is 0.120 e. The SMILES string of the molecule is C#CC[Si][Si](C)(C)C. The highest BCUT2D eigenvalue weighted by molar-refractivity contribution is 7.23. The van der Waals surface area contributed by atoms with Gasteiger partial charge in [0.05, 0.1) is 0 Å². The first-order valence-corrected chi connectivity index (χ1v) is 8.45.